The largest absolute Gasteiger partial charge is 0.384 e. The van der Waals surface area contributed by atoms with Crippen molar-refractivity contribution in [2.75, 3.05) is 12.3 Å². The molecule has 6 nitrogen and oxygen atoms in total. The number of hydrogen-bond acceptors (Lipinski definition) is 5. The van der Waals surface area contributed by atoms with Crippen LogP contribution < -0.4 is 5.73 Å². The first-order valence-electron chi connectivity index (χ1n) is 7.44. The van der Waals surface area contributed by atoms with Crippen LogP contribution in [-0.2, 0) is 6.54 Å². The molecular weight excluding hydrogens is 361 g/mol. The first kappa shape index (κ1) is 17.5. The van der Waals surface area contributed by atoms with Crippen LogP contribution in [0.15, 0.2) is 12.4 Å². The standard InChI is InChI=1S/C17H15Cl2N5O/c1-9-6-21-12(10(2)14(9)18)8-24-7-11(4-3-5-25)13-15(19)22-17(20)23-16(13)24/h6-7,25H,5,8H2,1-2H3,(H2,20,22,23). The monoisotopic (exact) mass is 375 g/mol. The second-order valence-corrected chi connectivity index (χ2v) is 6.26. The van der Waals surface area contributed by atoms with Gasteiger partial charge in [0.25, 0.3) is 0 Å². The summed E-state index contributed by atoms with van der Waals surface area (Å²) in [5.41, 5.74) is 9.54. The molecule has 0 spiro atoms. The number of pyridine rings is 1. The van der Waals surface area contributed by atoms with Crippen molar-refractivity contribution < 1.29 is 5.11 Å². The number of nitrogens with two attached hydrogens (primary N) is 1. The van der Waals surface area contributed by atoms with Crippen molar-refractivity contribution in [2.45, 2.75) is 20.4 Å². The van der Waals surface area contributed by atoms with Crippen LogP contribution in [0, 0.1) is 25.7 Å². The fraction of sp³-hybridized carbons (Fsp3) is 0.235. The Morgan fingerprint density at radius 3 is 2.76 bits per heavy atom. The first-order valence-corrected chi connectivity index (χ1v) is 8.20. The molecule has 0 fully saturated rings. The number of nitrogen functional groups attached to an aromatic ring is 1. The Labute approximate surface area is 154 Å². The van der Waals surface area contributed by atoms with Crippen LogP contribution in [-0.4, -0.2) is 31.2 Å². The average molecular weight is 376 g/mol. The number of aromatic nitrogens is 4. The molecule has 0 aromatic carbocycles. The van der Waals surface area contributed by atoms with Crippen molar-refractivity contribution >= 4 is 40.2 Å². The predicted molar refractivity (Wildman–Crippen MR) is 98.7 cm³/mol. The lowest BCUT2D eigenvalue weighted by atomic mass is 10.1. The molecule has 3 aromatic rings. The van der Waals surface area contributed by atoms with Crippen LogP contribution in [0.4, 0.5) is 5.95 Å². The zero-order chi connectivity index (χ0) is 18.1. The lowest BCUT2D eigenvalue weighted by Crippen LogP contribution is -2.06. The summed E-state index contributed by atoms with van der Waals surface area (Å²) in [6.07, 6.45) is 3.53. The lowest BCUT2D eigenvalue weighted by Gasteiger charge is -2.10. The molecule has 0 amide bonds. The highest BCUT2D eigenvalue weighted by molar-refractivity contribution is 6.34. The second-order valence-electron chi connectivity index (χ2n) is 5.53. The summed E-state index contributed by atoms with van der Waals surface area (Å²) in [5.74, 6) is 5.55. The smallest absolute Gasteiger partial charge is 0.223 e. The van der Waals surface area contributed by atoms with Crippen molar-refractivity contribution in [3.05, 3.63) is 45.0 Å². The molecule has 8 heteroatoms. The number of aryl methyl sites for hydroxylation is 1. The van der Waals surface area contributed by atoms with Crippen molar-refractivity contribution in [2.24, 2.45) is 0 Å². The Kier molecular flexibility index (Phi) is 4.82. The van der Waals surface area contributed by atoms with Gasteiger partial charge in [0, 0.05) is 17.4 Å². The summed E-state index contributed by atoms with van der Waals surface area (Å²) < 4.78 is 1.85. The Hall–Kier alpha value is -2.33. The van der Waals surface area contributed by atoms with Crippen LogP contribution in [0.2, 0.25) is 10.2 Å². The van der Waals surface area contributed by atoms with Gasteiger partial charge in [0.2, 0.25) is 5.95 Å². The SMILES string of the molecule is Cc1cnc(Cn2cc(C#CCO)c3c(Cl)nc(N)nc32)c(C)c1Cl. The maximum absolute atomic E-state index is 8.96. The highest BCUT2D eigenvalue weighted by Gasteiger charge is 2.16. The van der Waals surface area contributed by atoms with E-state index in [-0.39, 0.29) is 17.7 Å². The Balaban J connectivity index is 2.18. The van der Waals surface area contributed by atoms with E-state index in [2.05, 4.69) is 26.8 Å². The normalized spacial score (nSPS) is 10.8. The molecule has 0 atom stereocenters. The predicted octanol–water partition coefficient (Wildman–Crippen LogP) is 2.72. The van der Waals surface area contributed by atoms with Crippen molar-refractivity contribution in [1.82, 2.24) is 19.5 Å². The Bertz CT molecular complexity index is 1030. The topological polar surface area (TPSA) is 89.8 Å². The van der Waals surface area contributed by atoms with Gasteiger partial charge < -0.3 is 15.4 Å². The maximum Gasteiger partial charge on any atom is 0.223 e. The van der Waals surface area contributed by atoms with E-state index in [9.17, 15) is 0 Å². The molecule has 0 saturated carbocycles. The molecule has 0 aliphatic carbocycles. The van der Waals surface area contributed by atoms with E-state index in [0.717, 1.165) is 16.8 Å². The van der Waals surface area contributed by atoms with E-state index in [1.165, 1.54) is 0 Å². The molecule has 0 radical (unpaired) electrons. The van der Waals surface area contributed by atoms with Crippen LogP contribution in [0.3, 0.4) is 0 Å². The average Bonchev–Trinajstić information content (AvgIpc) is 2.91. The van der Waals surface area contributed by atoms with Crippen LogP contribution in [0.5, 0.6) is 0 Å². The molecule has 3 aromatic heterocycles. The van der Waals surface area contributed by atoms with E-state index in [4.69, 9.17) is 34.0 Å². The maximum atomic E-state index is 8.96. The van der Waals surface area contributed by atoms with Gasteiger partial charge in [0.15, 0.2) is 0 Å². The van der Waals surface area contributed by atoms with Crippen LogP contribution >= 0.6 is 23.2 Å². The quantitative estimate of drug-likeness (QED) is 0.530. The highest BCUT2D eigenvalue weighted by Crippen LogP contribution is 2.28. The van der Waals surface area contributed by atoms with E-state index < -0.39 is 0 Å². The van der Waals surface area contributed by atoms with Gasteiger partial charge in [-0.15, -0.1) is 0 Å². The first-order chi connectivity index (χ1) is 11.9. The lowest BCUT2D eigenvalue weighted by molar-refractivity contribution is 0.350. The molecule has 3 heterocycles. The van der Waals surface area contributed by atoms with Gasteiger partial charge in [-0.3, -0.25) is 4.98 Å². The van der Waals surface area contributed by atoms with Gasteiger partial charge in [-0.25, -0.2) is 4.98 Å². The van der Waals surface area contributed by atoms with E-state index >= 15 is 0 Å². The zero-order valence-corrected chi connectivity index (χ0v) is 15.2. The minimum Gasteiger partial charge on any atom is -0.384 e. The van der Waals surface area contributed by atoms with E-state index in [0.29, 0.717) is 28.2 Å². The minimum atomic E-state index is -0.256. The summed E-state index contributed by atoms with van der Waals surface area (Å²) in [6, 6.07) is 0. The number of nitrogens with zero attached hydrogens (tertiary/aromatic N) is 4. The number of halogens is 2. The molecule has 3 rings (SSSR count). The molecule has 0 aliphatic heterocycles. The highest BCUT2D eigenvalue weighted by atomic mass is 35.5. The molecule has 128 valence electrons. The van der Waals surface area contributed by atoms with E-state index in [1.807, 2.05) is 18.4 Å². The van der Waals surface area contributed by atoms with E-state index in [1.54, 1.807) is 12.4 Å². The third-order valence-corrected chi connectivity index (χ3v) is 4.69. The Morgan fingerprint density at radius 2 is 2.04 bits per heavy atom. The number of anilines is 1. The summed E-state index contributed by atoms with van der Waals surface area (Å²) in [6.45, 7) is 4.00. The van der Waals surface area contributed by atoms with Crippen molar-refractivity contribution in [1.29, 1.82) is 0 Å². The molecule has 0 bridgehead atoms. The number of rotatable bonds is 2. The number of aliphatic hydroxyl groups is 1. The Morgan fingerprint density at radius 1 is 1.28 bits per heavy atom. The number of hydrogen-bond donors (Lipinski definition) is 2. The van der Waals surface area contributed by atoms with Gasteiger partial charge in [0.1, 0.15) is 17.4 Å². The van der Waals surface area contributed by atoms with Crippen LogP contribution in [0.1, 0.15) is 22.4 Å². The summed E-state index contributed by atoms with van der Waals surface area (Å²) in [5, 5.41) is 10.5. The molecule has 0 aliphatic rings. The number of fused-ring (bicyclic) bond motifs is 1. The number of aliphatic hydroxyl groups excluding tert-OH is 1. The van der Waals surface area contributed by atoms with Gasteiger partial charge in [-0.05, 0) is 25.0 Å². The van der Waals surface area contributed by atoms with Gasteiger partial charge in [-0.2, -0.15) is 4.98 Å². The van der Waals surface area contributed by atoms with Gasteiger partial charge in [-0.1, -0.05) is 35.0 Å². The zero-order valence-electron chi connectivity index (χ0n) is 13.6. The summed E-state index contributed by atoms with van der Waals surface area (Å²) >= 11 is 12.6. The minimum absolute atomic E-state index is 0.0742. The third kappa shape index (κ3) is 3.27. The second kappa shape index (κ2) is 6.89. The molecule has 0 unspecified atom stereocenters. The molecule has 3 N–H and O–H groups in total. The molecular formula is C17H15Cl2N5O. The van der Waals surface area contributed by atoms with Gasteiger partial charge >= 0.3 is 0 Å². The van der Waals surface area contributed by atoms with Crippen LogP contribution in [0.25, 0.3) is 11.0 Å². The fourth-order valence-electron chi connectivity index (χ4n) is 2.58. The van der Waals surface area contributed by atoms with Crippen molar-refractivity contribution in [3.63, 3.8) is 0 Å². The van der Waals surface area contributed by atoms with Crippen molar-refractivity contribution in [3.8, 4) is 11.8 Å². The van der Waals surface area contributed by atoms with Gasteiger partial charge in [0.05, 0.1) is 23.2 Å². The summed E-state index contributed by atoms with van der Waals surface area (Å²) in [4.78, 5) is 12.7. The molecule has 0 saturated heterocycles. The fourth-order valence-corrected chi connectivity index (χ4v) is 3.01. The summed E-state index contributed by atoms with van der Waals surface area (Å²) in [7, 11) is 0. The third-order valence-electron chi connectivity index (χ3n) is 3.83. The molecule has 25 heavy (non-hydrogen) atoms.